The fourth-order valence-electron chi connectivity index (χ4n) is 2.72. The Labute approximate surface area is 133 Å². The van der Waals surface area contributed by atoms with Crippen LogP contribution in [0.2, 0.25) is 0 Å². The first kappa shape index (κ1) is 15.2. The van der Waals surface area contributed by atoms with Gasteiger partial charge in [-0.05, 0) is 29.8 Å². The molecule has 1 atom stereocenters. The van der Waals surface area contributed by atoms with E-state index in [1.807, 2.05) is 30.3 Å². The molecule has 3 rings (SSSR count). The molecule has 0 saturated carbocycles. The largest absolute Gasteiger partial charge is 0.352 e. The Balaban J connectivity index is 1.60. The van der Waals surface area contributed by atoms with Crippen LogP contribution in [0.1, 0.15) is 12.0 Å². The van der Waals surface area contributed by atoms with Crippen LogP contribution in [0.25, 0.3) is 0 Å². The smallest absolute Gasteiger partial charge is 0.227 e. The van der Waals surface area contributed by atoms with Crippen LogP contribution in [0.3, 0.4) is 0 Å². The fraction of sp³-hybridized carbons (Fsp3) is 0.222. The molecule has 1 aliphatic rings. The Morgan fingerprint density at radius 2 is 1.96 bits per heavy atom. The Morgan fingerprint density at radius 3 is 2.70 bits per heavy atom. The van der Waals surface area contributed by atoms with Crippen molar-refractivity contribution < 1.29 is 14.0 Å². The van der Waals surface area contributed by atoms with Gasteiger partial charge in [0.2, 0.25) is 11.8 Å². The van der Waals surface area contributed by atoms with Crippen LogP contribution in [-0.2, 0) is 16.1 Å². The Kier molecular flexibility index (Phi) is 4.37. The van der Waals surface area contributed by atoms with E-state index in [0.717, 1.165) is 5.69 Å². The topological polar surface area (TPSA) is 49.4 Å². The van der Waals surface area contributed by atoms with Gasteiger partial charge in [-0.25, -0.2) is 4.39 Å². The van der Waals surface area contributed by atoms with Crippen molar-refractivity contribution in [1.29, 1.82) is 0 Å². The molecule has 2 aromatic carbocycles. The lowest BCUT2D eigenvalue weighted by Gasteiger charge is -2.16. The van der Waals surface area contributed by atoms with Crippen LogP contribution in [0.15, 0.2) is 54.6 Å². The van der Waals surface area contributed by atoms with Crippen LogP contribution in [0.4, 0.5) is 10.1 Å². The van der Waals surface area contributed by atoms with Gasteiger partial charge in [0.25, 0.3) is 0 Å². The van der Waals surface area contributed by atoms with Crippen molar-refractivity contribution in [3.05, 3.63) is 66.0 Å². The van der Waals surface area contributed by atoms with Crippen molar-refractivity contribution in [2.75, 3.05) is 11.4 Å². The van der Waals surface area contributed by atoms with Gasteiger partial charge in [-0.2, -0.15) is 0 Å². The average Bonchev–Trinajstić information content (AvgIpc) is 2.95. The van der Waals surface area contributed by atoms with E-state index in [1.165, 1.54) is 12.1 Å². The molecule has 0 spiro atoms. The second kappa shape index (κ2) is 6.60. The monoisotopic (exact) mass is 312 g/mol. The Hall–Kier alpha value is -2.69. The summed E-state index contributed by atoms with van der Waals surface area (Å²) in [5, 5.41) is 2.78. The van der Waals surface area contributed by atoms with E-state index in [4.69, 9.17) is 0 Å². The molecule has 0 bridgehead atoms. The molecule has 23 heavy (non-hydrogen) atoms. The number of rotatable bonds is 4. The first-order valence-electron chi connectivity index (χ1n) is 7.51. The first-order valence-corrected chi connectivity index (χ1v) is 7.51. The van der Waals surface area contributed by atoms with Gasteiger partial charge in [0.15, 0.2) is 0 Å². The molecule has 1 saturated heterocycles. The highest BCUT2D eigenvalue weighted by molar-refractivity contribution is 6.00. The highest BCUT2D eigenvalue weighted by Crippen LogP contribution is 2.24. The minimum atomic E-state index is -0.378. The fourth-order valence-corrected chi connectivity index (χ4v) is 2.72. The summed E-state index contributed by atoms with van der Waals surface area (Å²) in [6.07, 6.45) is 0.198. The SMILES string of the molecule is O=C(NCc1cccc(F)c1)[C@@H]1CC(=O)N(c2ccccc2)C1. The van der Waals surface area contributed by atoms with E-state index in [9.17, 15) is 14.0 Å². The number of para-hydroxylation sites is 1. The zero-order valence-corrected chi connectivity index (χ0v) is 12.5. The molecule has 4 nitrogen and oxygen atoms in total. The summed E-state index contributed by atoms with van der Waals surface area (Å²) in [4.78, 5) is 26.0. The summed E-state index contributed by atoms with van der Waals surface area (Å²) in [7, 11) is 0. The van der Waals surface area contributed by atoms with Gasteiger partial charge in [-0.15, -0.1) is 0 Å². The number of nitrogens with zero attached hydrogens (tertiary/aromatic N) is 1. The van der Waals surface area contributed by atoms with Crippen LogP contribution in [-0.4, -0.2) is 18.4 Å². The van der Waals surface area contributed by atoms with Gasteiger partial charge >= 0.3 is 0 Å². The van der Waals surface area contributed by atoms with Crippen molar-refractivity contribution in [2.45, 2.75) is 13.0 Å². The molecule has 0 radical (unpaired) electrons. The zero-order valence-electron chi connectivity index (χ0n) is 12.5. The molecule has 2 aromatic rings. The second-order valence-corrected chi connectivity index (χ2v) is 5.59. The molecule has 5 heteroatoms. The van der Waals surface area contributed by atoms with Gasteiger partial charge < -0.3 is 10.2 Å². The highest BCUT2D eigenvalue weighted by Gasteiger charge is 2.34. The third-order valence-corrected chi connectivity index (χ3v) is 3.92. The quantitative estimate of drug-likeness (QED) is 0.943. The molecule has 0 aromatic heterocycles. The number of hydrogen-bond donors (Lipinski definition) is 1. The van der Waals surface area contributed by atoms with Gasteiger partial charge in [-0.1, -0.05) is 30.3 Å². The van der Waals surface area contributed by atoms with E-state index in [0.29, 0.717) is 12.1 Å². The number of carbonyl (C=O) groups is 2. The summed E-state index contributed by atoms with van der Waals surface area (Å²) < 4.78 is 13.1. The summed E-state index contributed by atoms with van der Waals surface area (Å²) in [5.41, 5.74) is 1.50. The summed E-state index contributed by atoms with van der Waals surface area (Å²) in [6, 6.07) is 15.4. The maximum Gasteiger partial charge on any atom is 0.227 e. The standard InChI is InChI=1S/C18H17FN2O2/c19-15-6-4-5-13(9-15)11-20-18(23)14-10-17(22)21(12-14)16-7-2-1-3-8-16/h1-9,14H,10-12H2,(H,20,23)/t14-/m1/s1. The Bertz CT molecular complexity index is 718. The predicted molar refractivity (Wildman–Crippen MR) is 85.1 cm³/mol. The molecule has 1 heterocycles. The van der Waals surface area contributed by atoms with Crippen molar-refractivity contribution in [1.82, 2.24) is 5.32 Å². The van der Waals surface area contributed by atoms with E-state index < -0.39 is 0 Å². The summed E-state index contributed by atoms with van der Waals surface area (Å²) in [5.74, 6) is -0.942. The summed E-state index contributed by atoms with van der Waals surface area (Å²) >= 11 is 0. The van der Waals surface area contributed by atoms with Crippen molar-refractivity contribution in [3.63, 3.8) is 0 Å². The number of amides is 2. The van der Waals surface area contributed by atoms with Crippen LogP contribution >= 0.6 is 0 Å². The predicted octanol–water partition coefficient (Wildman–Crippen LogP) is 2.50. The third-order valence-electron chi connectivity index (χ3n) is 3.92. The normalized spacial score (nSPS) is 17.3. The summed E-state index contributed by atoms with van der Waals surface area (Å²) in [6.45, 7) is 0.629. The molecular weight excluding hydrogens is 295 g/mol. The van der Waals surface area contributed by atoms with E-state index in [1.54, 1.807) is 17.0 Å². The van der Waals surface area contributed by atoms with E-state index in [-0.39, 0.29) is 36.5 Å². The highest BCUT2D eigenvalue weighted by atomic mass is 19.1. The van der Waals surface area contributed by atoms with Crippen LogP contribution < -0.4 is 10.2 Å². The molecule has 1 fully saturated rings. The lowest BCUT2D eigenvalue weighted by atomic mass is 10.1. The number of nitrogens with one attached hydrogen (secondary N) is 1. The maximum atomic E-state index is 13.1. The second-order valence-electron chi connectivity index (χ2n) is 5.59. The zero-order chi connectivity index (χ0) is 16.2. The van der Waals surface area contributed by atoms with Crippen LogP contribution in [0, 0.1) is 11.7 Å². The Morgan fingerprint density at radius 1 is 1.17 bits per heavy atom. The molecule has 0 aliphatic carbocycles. The number of carbonyl (C=O) groups excluding carboxylic acids is 2. The van der Waals surface area contributed by atoms with Gasteiger partial charge in [0.05, 0.1) is 5.92 Å². The van der Waals surface area contributed by atoms with E-state index in [2.05, 4.69) is 5.32 Å². The molecule has 118 valence electrons. The third kappa shape index (κ3) is 3.56. The number of hydrogen-bond acceptors (Lipinski definition) is 2. The van der Waals surface area contributed by atoms with Gasteiger partial charge in [-0.3, -0.25) is 9.59 Å². The van der Waals surface area contributed by atoms with Gasteiger partial charge in [0.1, 0.15) is 5.82 Å². The van der Waals surface area contributed by atoms with Crippen molar-refractivity contribution in [3.8, 4) is 0 Å². The molecule has 2 amide bonds. The van der Waals surface area contributed by atoms with Crippen LogP contribution in [0.5, 0.6) is 0 Å². The maximum absolute atomic E-state index is 13.1. The van der Waals surface area contributed by atoms with E-state index >= 15 is 0 Å². The lowest BCUT2D eigenvalue weighted by Crippen LogP contribution is -2.32. The van der Waals surface area contributed by atoms with Crippen molar-refractivity contribution >= 4 is 17.5 Å². The molecule has 1 aliphatic heterocycles. The molecule has 0 unspecified atom stereocenters. The minimum absolute atomic E-state index is 0.0536. The molecule has 1 N–H and O–H groups in total. The van der Waals surface area contributed by atoms with Crippen molar-refractivity contribution in [2.24, 2.45) is 5.92 Å². The number of anilines is 1. The lowest BCUT2D eigenvalue weighted by molar-refractivity contribution is -0.126. The number of benzene rings is 2. The minimum Gasteiger partial charge on any atom is -0.352 e. The average molecular weight is 312 g/mol. The number of halogens is 1. The van der Waals surface area contributed by atoms with Gasteiger partial charge in [0, 0.05) is 25.2 Å². The molecular formula is C18H17FN2O2. The first-order chi connectivity index (χ1) is 11.1.